The van der Waals surface area contributed by atoms with Crippen LogP contribution in [0.4, 0.5) is 4.79 Å². The number of hydrogen-bond donors (Lipinski definition) is 3. The number of fused-ring (bicyclic) bond motifs is 5. The maximum absolute atomic E-state index is 14.5. The number of benzene rings is 2. The molecule has 13 heteroatoms. The number of hydrogen-bond acceptors (Lipinski definition) is 8. The van der Waals surface area contributed by atoms with Crippen LogP contribution in [0.25, 0.3) is 16.8 Å². The third kappa shape index (κ3) is 7.93. The Morgan fingerprint density at radius 3 is 2.55 bits per heavy atom. The molecule has 12 nitrogen and oxygen atoms in total. The van der Waals surface area contributed by atoms with E-state index >= 15 is 0 Å². The number of carbonyl (C=O) groups excluding carboxylic acids is 4. The summed E-state index contributed by atoms with van der Waals surface area (Å²) >= 11 is 0. The van der Waals surface area contributed by atoms with Crippen molar-refractivity contribution in [3.63, 3.8) is 0 Å². The van der Waals surface area contributed by atoms with E-state index < -0.39 is 74.1 Å². The Morgan fingerprint density at radius 1 is 1.08 bits per heavy atom. The molecule has 2 aromatic rings. The predicted octanol–water partition coefficient (Wildman–Crippen LogP) is 4.59. The van der Waals surface area contributed by atoms with Gasteiger partial charge in [-0.2, -0.15) is 0 Å². The molecule has 0 aromatic heterocycles. The van der Waals surface area contributed by atoms with Gasteiger partial charge in [0.05, 0.1) is 18.4 Å². The van der Waals surface area contributed by atoms with Crippen LogP contribution >= 0.6 is 0 Å². The summed E-state index contributed by atoms with van der Waals surface area (Å²) in [5.41, 5.74) is -1.40. The predicted molar refractivity (Wildman–Crippen MR) is 193 cm³/mol. The van der Waals surface area contributed by atoms with Gasteiger partial charge in [-0.1, -0.05) is 69.3 Å². The second-order valence-corrected chi connectivity index (χ2v) is 17.2. The molecule has 4 aliphatic rings. The molecule has 0 spiro atoms. The Bertz CT molecular complexity index is 1850. The first kappa shape index (κ1) is 36.4. The number of ether oxygens (including phenoxy) is 2. The summed E-state index contributed by atoms with van der Waals surface area (Å²) in [5.74, 6) is -1.84. The Labute approximate surface area is 299 Å². The van der Waals surface area contributed by atoms with E-state index in [0.717, 1.165) is 35.6 Å². The molecule has 2 aromatic carbocycles. The number of cyclic esters (lactones) is 1. The number of sulfonamides is 1. The zero-order valence-corrected chi connectivity index (χ0v) is 30.3. The molecule has 0 radical (unpaired) electrons. The Hall–Kier alpha value is -4.39. The fraction of sp³-hybridized carbons (Fsp3) is 0.526. The quantitative estimate of drug-likeness (QED) is 0.366. The highest BCUT2D eigenvalue weighted by Gasteiger charge is 2.62. The largest absolute Gasteiger partial charge is 0.488 e. The van der Waals surface area contributed by atoms with Crippen molar-refractivity contribution in [3.8, 4) is 5.75 Å². The molecule has 2 bridgehead atoms. The maximum Gasteiger partial charge on any atom is 0.407 e. The minimum atomic E-state index is -3.88. The highest BCUT2D eigenvalue weighted by atomic mass is 32.2. The van der Waals surface area contributed by atoms with Gasteiger partial charge in [0.25, 0.3) is 5.91 Å². The van der Waals surface area contributed by atoms with Gasteiger partial charge in [0.2, 0.25) is 21.8 Å². The van der Waals surface area contributed by atoms with E-state index in [2.05, 4.69) is 28.0 Å². The summed E-state index contributed by atoms with van der Waals surface area (Å²) in [6, 6.07) is 9.72. The van der Waals surface area contributed by atoms with Gasteiger partial charge < -0.3 is 25.0 Å². The Balaban J connectivity index is 1.34. The highest BCUT2D eigenvalue weighted by Crippen LogP contribution is 2.45. The summed E-state index contributed by atoms with van der Waals surface area (Å²) in [6.07, 6.45) is 8.74. The van der Waals surface area contributed by atoms with Crippen molar-refractivity contribution in [1.29, 1.82) is 0 Å². The van der Waals surface area contributed by atoms with Crippen molar-refractivity contribution < 1.29 is 37.1 Å². The van der Waals surface area contributed by atoms with Crippen LogP contribution in [0.1, 0.15) is 77.7 Å². The molecule has 51 heavy (non-hydrogen) atoms. The van der Waals surface area contributed by atoms with Crippen molar-refractivity contribution in [2.24, 2.45) is 11.3 Å². The van der Waals surface area contributed by atoms with Crippen molar-refractivity contribution in [2.45, 2.75) is 101 Å². The van der Waals surface area contributed by atoms with E-state index in [1.807, 2.05) is 63.2 Å². The molecule has 6 rings (SSSR count). The number of carbonyl (C=O) groups is 4. The first-order valence-corrected chi connectivity index (χ1v) is 19.4. The average molecular weight is 721 g/mol. The molecule has 3 N–H and O–H groups in total. The lowest BCUT2D eigenvalue weighted by Gasteiger charge is -2.35. The monoisotopic (exact) mass is 720 g/mol. The molecule has 2 aliphatic heterocycles. The van der Waals surface area contributed by atoms with Gasteiger partial charge in [-0.05, 0) is 67.2 Å². The number of allylic oxidation sites excluding steroid dienone is 1. The topological polar surface area (TPSA) is 160 Å². The normalized spacial score (nSPS) is 28.2. The van der Waals surface area contributed by atoms with Crippen LogP contribution in [-0.2, 0) is 29.1 Å². The number of rotatable bonds is 6. The van der Waals surface area contributed by atoms with E-state index in [9.17, 15) is 27.6 Å². The molecule has 1 saturated heterocycles. The average Bonchev–Trinajstić information content (AvgIpc) is 4.01. The van der Waals surface area contributed by atoms with E-state index in [4.69, 9.17) is 9.47 Å². The second kappa shape index (κ2) is 14.3. The van der Waals surface area contributed by atoms with Crippen LogP contribution in [0.2, 0.25) is 0 Å². The van der Waals surface area contributed by atoms with E-state index in [1.54, 1.807) is 0 Å². The van der Waals surface area contributed by atoms with Crippen LogP contribution in [0.3, 0.4) is 0 Å². The van der Waals surface area contributed by atoms with Crippen LogP contribution < -0.4 is 20.1 Å². The molecule has 2 heterocycles. The first-order chi connectivity index (χ1) is 24.2. The molecule has 2 saturated carbocycles. The molecule has 3 fully saturated rings. The van der Waals surface area contributed by atoms with Gasteiger partial charge in [-0.25, -0.2) is 13.2 Å². The van der Waals surface area contributed by atoms with E-state index in [0.29, 0.717) is 25.0 Å². The number of alkyl carbamates (subject to hydrolysis) is 1. The SMILES string of the molecule is C=C[C@@H]1C[C@]1(NC(=O)[C@@H]1C[C@@H]2CN1C(=O)C(C(C)(C)C)NC(=O)OCCCCC/C=C/c1c(ccc3ccccc13)O2)C(=O)NS(=O)(=O)C1CC1. The maximum atomic E-state index is 14.5. The molecule has 1 unspecified atom stereocenters. The lowest BCUT2D eigenvalue weighted by Crippen LogP contribution is -2.60. The summed E-state index contributed by atoms with van der Waals surface area (Å²) in [7, 11) is -3.88. The van der Waals surface area contributed by atoms with Crippen LogP contribution in [-0.4, -0.2) is 79.3 Å². The minimum absolute atomic E-state index is 0.0242. The van der Waals surface area contributed by atoms with Crippen molar-refractivity contribution in [3.05, 3.63) is 60.7 Å². The van der Waals surface area contributed by atoms with Crippen molar-refractivity contribution in [2.75, 3.05) is 13.2 Å². The Kier molecular flexibility index (Phi) is 10.2. The summed E-state index contributed by atoms with van der Waals surface area (Å²) in [4.78, 5) is 56.5. The zero-order chi connectivity index (χ0) is 36.6. The lowest BCUT2D eigenvalue weighted by atomic mass is 9.85. The zero-order valence-electron chi connectivity index (χ0n) is 29.5. The fourth-order valence-corrected chi connectivity index (χ4v) is 8.37. The van der Waals surface area contributed by atoms with Crippen LogP contribution in [0.15, 0.2) is 55.1 Å². The number of nitrogens with zero attached hydrogens (tertiary/aromatic N) is 1. The van der Waals surface area contributed by atoms with Crippen molar-refractivity contribution in [1.82, 2.24) is 20.3 Å². The summed E-state index contributed by atoms with van der Waals surface area (Å²) in [5, 5.41) is 6.98. The van der Waals surface area contributed by atoms with Gasteiger partial charge in [0.15, 0.2) is 0 Å². The lowest BCUT2D eigenvalue weighted by molar-refractivity contribution is -0.142. The third-order valence-corrected chi connectivity index (χ3v) is 12.0. The Morgan fingerprint density at radius 2 is 1.84 bits per heavy atom. The van der Waals surface area contributed by atoms with Crippen LogP contribution in [0, 0.1) is 11.3 Å². The molecular weight excluding hydrogens is 673 g/mol. The van der Waals surface area contributed by atoms with E-state index in [-0.39, 0.29) is 26.0 Å². The van der Waals surface area contributed by atoms with Gasteiger partial charge in [0.1, 0.15) is 29.5 Å². The van der Waals surface area contributed by atoms with Gasteiger partial charge in [-0.15, -0.1) is 6.58 Å². The molecule has 5 atom stereocenters. The first-order valence-electron chi connectivity index (χ1n) is 17.8. The molecular formula is C38H48N4O8S. The number of nitrogens with one attached hydrogen (secondary N) is 3. The van der Waals surface area contributed by atoms with Gasteiger partial charge >= 0.3 is 6.09 Å². The second-order valence-electron chi connectivity index (χ2n) is 15.2. The highest BCUT2D eigenvalue weighted by molar-refractivity contribution is 7.91. The van der Waals surface area contributed by atoms with Crippen LogP contribution in [0.5, 0.6) is 5.75 Å². The smallest absolute Gasteiger partial charge is 0.407 e. The standard InChI is InChI=1S/C38H48N4O8S/c1-5-25-22-38(25,35(45)41-51(47,48)27-17-18-27)40-33(43)30-21-26-23-42(30)34(44)32(37(2,3)4)39-36(46)49-20-12-8-6-7-9-15-29-28-14-11-10-13-24(28)16-19-31(29)50-26/h5,9-11,13-16,19,25-27,30,32H,1,6-8,12,17-18,20-23H2,2-4H3,(H,39,46)(H,40,43)(H,41,45)/b15-9+/t25-,26-,30+,32?,38-/m1/s1. The molecule has 2 aliphatic carbocycles. The third-order valence-electron chi connectivity index (χ3n) is 10.2. The molecule has 4 amide bonds. The minimum Gasteiger partial charge on any atom is -0.488 e. The summed E-state index contributed by atoms with van der Waals surface area (Å²) in [6.45, 7) is 9.44. The molecule has 274 valence electrons. The van der Waals surface area contributed by atoms with E-state index in [1.165, 1.54) is 11.0 Å². The fourth-order valence-electron chi connectivity index (χ4n) is 7.01. The summed E-state index contributed by atoms with van der Waals surface area (Å²) < 4.78 is 39.6. The number of amides is 4. The van der Waals surface area contributed by atoms with Gasteiger partial charge in [-0.3, -0.25) is 19.1 Å². The van der Waals surface area contributed by atoms with Crippen molar-refractivity contribution >= 4 is 50.7 Å². The van der Waals surface area contributed by atoms with Gasteiger partial charge in [0, 0.05) is 17.9 Å².